The first-order valence-electron chi connectivity index (χ1n) is 11.6. The topological polar surface area (TPSA) is 89.2 Å². The van der Waals surface area contributed by atoms with Gasteiger partial charge in [-0.25, -0.2) is 14.8 Å². The number of piperidine rings is 1. The highest BCUT2D eigenvalue weighted by Gasteiger charge is 2.24. The van der Waals surface area contributed by atoms with E-state index >= 15 is 0 Å². The molecule has 2 aromatic heterocycles. The molecule has 1 saturated heterocycles. The van der Waals surface area contributed by atoms with Gasteiger partial charge in [0, 0.05) is 45.0 Å². The molecule has 1 atom stereocenters. The molecule has 0 spiro atoms. The van der Waals surface area contributed by atoms with Gasteiger partial charge in [-0.3, -0.25) is 0 Å². The van der Waals surface area contributed by atoms with Crippen molar-refractivity contribution in [2.45, 2.75) is 18.8 Å². The van der Waals surface area contributed by atoms with Crippen molar-refractivity contribution in [2.75, 3.05) is 47.6 Å². The van der Waals surface area contributed by atoms with Crippen LogP contribution in [0.15, 0.2) is 67.1 Å². The molecule has 8 heteroatoms. The number of aromatic nitrogens is 3. The lowest BCUT2D eigenvalue weighted by atomic mass is 9.90. The number of nitrogens with zero attached hydrogens (tertiary/aromatic N) is 4. The number of aromatic amines is 1. The quantitative estimate of drug-likeness (QED) is 0.392. The van der Waals surface area contributed by atoms with E-state index in [1.165, 1.54) is 5.56 Å². The van der Waals surface area contributed by atoms with Crippen molar-refractivity contribution in [3.63, 3.8) is 0 Å². The van der Waals surface area contributed by atoms with Gasteiger partial charge in [0.05, 0.1) is 16.8 Å². The largest absolute Gasteiger partial charge is 0.376 e. The number of para-hydroxylation sites is 2. The summed E-state index contributed by atoms with van der Waals surface area (Å²) in [6, 6.07) is 17.7. The second kappa shape index (κ2) is 9.43. The number of benzene rings is 2. The summed E-state index contributed by atoms with van der Waals surface area (Å²) in [7, 11) is 3.91. The average molecular weight is 456 g/mol. The summed E-state index contributed by atoms with van der Waals surface area (Å²) in [5, 5.41) is 7.01. The Morgan fingerprint density at radius 3 is 2.85 bits per heavy atom. The second-order valence-corrected chi connectivity index (χ2v) is 8.84. The lowest BCUT2D eigenvalue weighted by Crippen LogP contribution is -2.35. The third-order valence-electron chi connectivity index (χ3n) is 6.30. The summed E-state index contributed by atoms with van der Waals surface area (Å²) in [6.45, 7) is 1.85. The summed E-state index contributed by atoms with van der Waals surface area (Å²) >= 11 is 0. The van der Waals surface area contributed by atoms with E-state index < -0.39 is 0 Å². The van der Waals surface area contributed by atoms with Crippen LogP contribution in [0.3, 0.4) is 0 Å². The molecule has 2 aromatic carbocycles. The van der Waals surface area contributed by atoms with E-state index in [0.29, 0.717) is 5.92 Å². The van der Waals surface area contributed by atoms with Crippen molar-refractivity contribution in [1.82, 2.24) is 15.0 Å². The van der Waals surface area contributed by atoms with Crippen LogP contribution in [0.1, 0.15) is 24.3 Å². The number of fused-ring (bicyclic) bond motifs is 1. The summed E-state index contributed by atoms with van der Waals surface area (Å²) in [5.41, 5.74) is 4.58. The molecule has 34 heavy (non-hydrogen) atoms. The van der Waals surface area contributed by atoms with Gasteiger partial charge in [0.15, 0.2) is 0 Å². The van der Waals surface area contributed by atoms with Crippen LogP contribution in [0, 0.1) is 0 Å². The van der Waals surface area contributed by atoms with Gasteiger partial charge in [0.25, 0.3) is 0 Å². The molecular weight excluding hydrogens is 426 g/mol. The maximum absolute atomic E-state index is 12.7. The predicted octanol–water partition coefficient (Wildman–Crippen LogP) is 5.05. The van der Waals surface area contributed by atoms with Crippen molar-refractivity contribution >= 4 is 39.9 Å². The highest BCUT2D eigenvalue weighted by atomic mass is 16.2. The van der Waals surface area contributed by atoms with Gasteiger partial charge < -0.3 is 25.4 Å². The summed E-state index contributed by atoms with van der Waals surface area (Å²) in [6.07, 6.45) is 5.71. The molecule has 4 aromatic rings. The molecule has 174 valence electrons. The fourth-order valence-electron chi connectivity index (χ4n) is 4.68. The van der Waals surface area contributed by atoms with Crippen molar-refractivity contribution < 1.29 is 4.79 Å². The second-order valence-electron chi connectivity index (χ2n) is 8.84. The first kappa shape index (κ1) is 21.8. The Morgan fingerprint density at radius 2 is 1.97 bits per heavy atom. The summed E-state index contributed by atoms with van der Waals surface area (Å²) in [5.74, 6) is 1.33. The molecule has 5 rings (SSSR count). The Hall–Kier alpha value is -4.07. The number of carbonyl (C=O) groups excluding carboxylic acids is 1. The Balaban J connectivity index is 1.29. The van der Waals surface area contributed by atoms with Crippen LogP contribution >= 0.6 is 0 Å². The van der Waals surface area contributed by atoms with Gasteiger partial charge in [-0.05, 0) is 48.7 Å². The molecule has 0 aliphatic carbocycles. The van der Waals surface area contributed by atoms with Crippen molar-refractivity contribution in [2.24, 2.45) is 0 Å². The maximum atomic E-state index is 12.7. The monoisotopic (exact) mass is 455 g/mol. The standard InChI is InChI=1S/C26H29N7O/c1-32(2)23-11-4-3-10-22(23)31-26(34)30-20-9-5-7-18(15-20)19-8-6-14-33(16-19)25-21-12-13-27-24(21)28-17-29-25/h3-5,7,9-13,15,17,19H,6,8,14,16H2,1-2H3,(H,27,28,29)(H2,30,31,34). The van der Waals surface area contributed by atoms with Crippen LogP contribution < -0.4 is 20.4 Å². The number of anilines is 4. The normalized spacial score (nSPS) is 15.8. The minimum Gasteiger partial charge on any atom is -0.376 e. The van der Waals surface area contributed by atoms with Crippen molar-refractivity contribution in [3.8, 4) is 0 Å². The number of rotatable bonds is 5. The van der Waals surface area contributed by atoms with E-state index in [9.17, 15) is 4.79 Å². The lowest BCUT2D eigenvalue weighted by Gasteiger charge is -2.34. The fourth-order valence-corrected chi connectivity index (χ4v) is 4.68. The molecular formula is C26H29N7O. The van der Waals surface area contributed by atoms with Crippen LogP contribution in [0.4, 0.5) is 27.7 Å². The molecule has 1 aliphatic heterocycles. The van der Waals surface area contributed by atoms with Crippen LogP contribution in [0.5, 0.6) is 0 Å². The Labute approximate surface area is 199 Å². The van der Waals surface area contributed by atoms with Gasteiger partial charge in [0.2, 0.25) is 0 Å². The highest BCUT2D eigenvalue weighted by Crippen LogP contribution is 2.33. The molecule has 3 N–H and O–H groups in total. The third kappa shape index (κ3) is 4.52. The molecule has 1 aliphatic rings. The maximum Gasteiger partial charge on any atom is 0.323 e. The zero-order valence-corrected chi connectivity index (χ0v) is 19.5. The minimum absolute atomic E-state index is 0.257. The summed E-state index contributed by atoms with van der Waals surface area (Å²) < 4.78 is 0. The van der Waals surface area contributed by atoms with E-state index in [0.717, 1.165) is 59.8 Å². The Bertz CT molecular complexity index is 1300. The molecule has 1 fully saturated rings. The first-order valence-corrected chi connectivity index (χ1v) is 11.6. The molecule has 3 heterocycles. The lowest BCUT2D eigenvalue weighted by molar-refractivity contribution is 0.262. The van der Waals surface area contributed by atoms with E-state index in [2.05, 4.69) is 42.6 Å². The van der Waals surface area contributed by atoms with Gasteiger partial charge in [-0.2, -0.15) is 0 Å². The zero-order valence-electron chi connectivity index (χ0n) is 19.5. The Kier molecular flexibility index (Phi) is 6.03. The van der Waals surface area contributed by atoms with Crippen LogP contribution in [0.2, 0.25) is 0 Å². The fraction of sp³-hybridized carbons (Fsp3) is 0.269. The molecule has 0 bridgehead atoms. The molecule has 1 unspecified atom stereocenters. The zero-order chi connectivity index (χ0) is 23.5. The third-order valence-corrected chi connectivity index (χ3v) is 6.30. The van der Waals surface area contributed by atoms with Crippen LogP contribution in [-0.2, 0) is 0 Å². The van der Waals surface area contributed by atoms with Crippen LogP contribution in [-0.4, -0.2) is 48.2 Å². The average Bonchev–Trinajstić information content (AvgIpc) is 3.33. The smallest absolute Gasteiger partial charge is 0.323 e. The van der Waals surface area contributed by atoms with Crippen molar-refractivity contribution in [3.05, 3.63) is 72.7 Å². The van der Waals surface area contributed by atoms with Gasteiger partial charge in [0.1, 0.15) is 17.8 Å². The van der Waals surface area contributed by atoms with Gasteiger partial charge >= 0.3 is 6.03 Å². The number of urea groups is 1. The number of carbonyl (C=O) groups is 1. The summed E-state index contributed by atoms with van der Waals surface area (Å²) in [4.78, 5) is 29.1. The van der Waals surface area contributed by atoms with E-state index in [1.54, 1.807) is 6.33 Å². The molecule has 8 nitrogen and oxygen atoms in total. The number of amides is 2. The first-order chi connectivity index (χ1) is 16.6. The number of hydrogen-bond donors (Lipinski definition) is 3. The van der Waals surface area contributed by atoms with Gasteiger partial charge in [-0.15, -0.1) is 0 Å². The number of hydrogen-bond acceptors (Lipinski definition) is 5. The van der Waals surface area contributed by atoms with Gasteiger partial charge in [-0.1, -0.05) is 24.3 Å². The minimum atomic E-state index is -0.257. The molecule has 0 saturated carbocycles. The SMILES string of the molecule is CN(C)c1ccccc1NC(=O)Nc1cccc(C2CCCN(c3ncnc4[nH]ccc34)C2)c1. The number of nitrogens with one attached hydrogen (secondary N) is 3. The van der Waals surface area contributed by atoms with E-state index in [1.807, 2.05) is 67.7 Å². The highest BCUT2D eigenvalue weighted by molar-refractivity contribution is 6.01. The number of H-pyrrole nitrogens is 1. The van der Waals surface area contributed by atoms with Crippen LogP contribution in [0.25, 0.3) is 11.0 Å². The Morgan fingerprint density at radius 1 is 1.09 bits per heavy atom. The predicted molar refractivity (Wildman–Crippen MR) is 138 cm³/mol. The molecule has 2 amide bonds. The van der Waals surface area contributed by atoms with E-state index in [4.69, 9.17) is 0 Å². The van der Waals surface area contributed by atoms with E-state index in [-0.39, 0.29) is 6.03 Å². The molecule has 0 radical (unpaired) electrons. The van der Waals surface area contributed by atoms with Crippen molar-refractivity contribution in [1.29, 1.82) is 0 Å².